The van der Waals surface area contributed by atoms with Crippen molar-refractivity contribution in [2.24, 2.45) is 0 Å². The minimum Gasteiger partial charge on any atom is -0.463 e. The molecule has 0 N–H and O–H groups in total. The number of hydrogen-bond acceptors (Lipinski definition) is 6. The maximum atomic E-state index is 12.6. The van der Waals surface area contributed by atoms with Crippen molar-refractivity contribution in [2.45, 2.75) is 53.4 Å². The van der Waals surface area contributed by atoms with Crippen LogP contribution in [0.3, 0.4) is 0 Å². The van der Waals surface area contributed by atoms with Crippen molar-refractivity contribution in [1.29, 1.82) is 0 Å². The highest BCUT2D eigenvalue weighted by Crippen LogP contribution is 2.63. The van der Waals surface area contributed by atoms with E-state index in [0.717, 1.165) is 37.1 Å². The molecule has 0 spiro atoms. The number of carbonyl (C=O) groups is 1. The van der Waals surface area contributed by atoms with Crippen molar-refractivity contribution in [3.05, 3.63) is 11.0 Å². The quantitative estimate of drug-likeness (QED) is 0.218. The van der Waals surface area contributed by atoms with E-state index in [4.69, 9.17) is 13.8 Å². The van der Waals surface area contributed by atoms with Gasteiger partial charge in [0, 0.05) is 11.0 Å². The number of ether oxygens (including phenoxy) is 1. The van der Waals surface area contributed by atoms with Gasteiger partial charge >= 0.3 is 12.8 Å². The summed E-state index contributed by atoms with van der Waals surface area (Å²) in [6, 6.07) is 0. The van der Waals surface area contributed by atoms with Crippen LogP contribution in [0.5, 0.6) is 0 Å². The summed E-state index contributed by atoms with van der Waals surface area (Å²) >= 11 is 0.973. The summed E-state index contributed by atoms with van der Waals surface area (Å²) in [7, 11) is 0. The topological polar surface area (TPSA) is 61.8 Å². The van der Waals surface area contributed by atoms with E-state index in [-0.39, 0.29) is 0 Å². The SMILES string of the molecule is CCCCOP(=O)(OCCCC)S/C(C)=C\C(=O)OCC. The molecule has 0 aliphatic heterocycles. The lowest BCUT2D eigenvalue weighted by Gasteiger charge is -2.17. The van der Waals surface area contributed by atoms with Crippen LogP contribution in [0.2, 0.25) is 0 Å². The minimum absolute atomic E-state index is 0.310. The van der Waals surface area contributed by atoms with Gasteiger partial charge in [0.25, 0.3) is 0 Å². The van der Waals surface area contributed by atoms with E-state index < -0.39 is 12.8 Å². The Balaban J connectivity index is 4.63. The van der Waals surface area contributed by atoms with E-state index in [1.807, 2.05) is 13.8 Å². The van der Waals surface area contributed by atoms with Crippen LogP contribution in [-0.2, 0) is 23.1 Å². The molecule has 0 saturated carbocycles. The number of esters is 1. The Labute approximate surface area is 132 Å². The fourth-order valence-electron chi connectivity index (χ4n) is 1.28. The number of allylic oxidation sites excluding steroid dienone is 1. The Hall–Kier alpha value is -0.290. The maximum absolute atomic E-state index is 12.6. The highest BCUT2D eigenvalue weighted by Gasteiger charge is 2.26. The Morgan fingerprint density at radius 3 is 2.05 bits per heavy atom. The third-order valence-corrected chi connectivity index (χ3v) is 6.15. The van der Waals surface area contributed by atoms with Crippen LogP contribution in [0.1, 0.15) is 53.4 Å². The second-order valence-corrected chi connectivity index (χ2v) is 8.55. The second-order valence-electron chi connectivity index (χ2n) is 4.42. The Morgan fingerprint density at radius 1 is 1.10 bits per heavy atom. The molecule has 0 bridgehead atoms. The average molecular weight is 338 g/mol. The molecular formula is C14H27O5PS. The summed E-state index contributed by atoms with van der Waals surface area (Å²) in [6.45, 7) is 5.32. The Kier molecular flexibility index (Phi) is 12.1. The van der Waals surface area contributed by atoms with Gasteiger partial charge in [-0.3, -0.25) is 0 Å². The van der Waals surface area contributed by atoms with E-state index in [2.05, 4.69) is 0 Å². The summed E-state index contributed by atoms with van der Waals surface area (Å²) < 4.78 is 28.3. The molecule has 0 heterocycles. The normalized spacial score (nSPS) is 12.5. The molecule has 21 heavy (non-hydrogen) atoms. The molecular weight excluding hydrogens is 311 g/mol. The lowest BCUT2D eigenvalue weighted by Crippen LogP contribution is -2.00. The molecule has 0 fully saturated rings. The van der Waals surface area contributed by atoms with Gasteiger partial charge < -0.3 is 13.8 Å². The molecule has 124 valence electrons. The molecule has 0 aromatic heterocycles. The first-order valence-electron chi connectivity index (χ1n) is 7.41. The van der Waals surface area contributed by atoms with Crippen LogP contribution < -0.4 is 0 Å². The smallest absolute Gasteiger partial charge is 0.393 e. The van der Waals surface area contributed by atoms with Gasteiger partial charge in [-0.25, -0.2) is 9.36 Å². The minimum atomic E-state index is -3.27. The molecule has 7 heteroatoms. The van der Waals surface area contributed by atoms with Crippen molar-refractivity contribution in [2.75, 3.05) is 19.8 Å². The van der Waals surface area contributed by atoms with Gasteiger partial charge in [0.05, 0.1) is 19.8 Å². The van der Waals surface area contributed by atoms with E-state index >= 15 is 0 Å². The summed E-state index contributed by atoms with van der Waals surface area (Å²) in [5.74, 6) is -0.448. The van der Waals surface area contributed by atoms with E-state index in [0.29, 0.717) is 24.7 Å². The van der Waals surface area contributed by atoms with Gasteiger partial charge in [-0.05, 0) is 38.1 Å². The van der Waals surface area contributed by atoms with Crippen molar-refractivity contribution >= 4 is 24.1 Å². The summed E-state index contributed by atoms with van der Waals surface area (Å²) in [5, 5.41) is 0. The zero-order chi connectivity index (χ0) is 16.1. The number of carbonyl (C=O) groups excluding carboxylic acids is 1. The van der Waals surface area contributed by atoms with Gasteiger partial charge in [0.2, 0.25) is 0 Å². The average Bonchev–Trinajstić information content (AvgIpc) is 2.39. The molecule has 0 amide bonds. The van der Waals surface area contributed by atoms with Crippen LogP contribution in [0.15, 0.2) is 11.0 Å². The van der Waals surface area contributed by atoms with Crippen molar-refractivity contribution in [3.8, 4) is 0 Å². The van der Waals surface area contributed by atoms with Gasteiger partial charge in [-0.2, -0.15) is 0 Å². The summed E-state index contributed by atoms with van der Waals surface area (Å²) in [6.07, 6.45) is 4.87. The predicted octanol–water partition coefficient (Wildman–Crippen LogP) is 4.93. The first kappa shape index (κ1) is 20.7. The highest BCUT2D eigenvalue weighted by molar-refractivity contribution is 8.57. The fourth-order valence-corrected chi connectivity index (χ4v) is 4.65. The monoisotopic (exact) mass is 338 g/mol. The molecule has 0 saturated heterocycles. The zero-order valence-electron chi connectivity index (χ0n) is 13.4. The van der Waals surface area contributed by atoms with Gasteiger partial charge in [-0.15, -0.1) is 0 Å². The van der Waals surface area contributed by atoms with Gasteiger partial charge in [-0.1, -0.05) is 26.7 Å². The molecule has 0 aromatic carbocycles. The van der Waals surface area contributed by atoms with Crippen LogP contribution in [-0.4, -0.2) is 25.8 Å². The molecule has 0 radical (unpaired) electrons. The van der Waals surface area contributed by atoms with E-state index in [9.17, 15) is 9.36 Å². The summed E-state index contributed by atoms with van der Waals surface area (Å²) in [4.78, 5) is 11.9. The molecule has 0 atom stereocenters. The third-order valence-electron chi connectivity index (χ3n) is 2.36. The maximum Gasteiger partial charge on any atom is 0.393 e. The molecule has 0 unspecified atom stereocenters. The Morgan fingerprint density at radius 2 is 1.62 bits per heavy atom. The van der Waals surface area contributed by atoms with Gasteiger partial charge in [0.15, 0.2) is 0 Å². The second kappa shape index (κ2) is 12.3. The van der Waals surface area contributed by atoms with E-state index in [1.165, 1.54) is 6.08 Å². The first-order valence-corrected chi connectivity index (χ1v) is 10.4. The number of hydrogen-bond donors (Lipinski definition) is 0. The number of rotatable bonds is 12. The van der Waals surface area contributed by atoms with E-state index in [1.54, 1.807) is 13.8 Å². The first-order chi connectivity index (χ1) is 9.97. The summed E-state index contributed by atoms with van der Waals surface area (Å²) in [5.41, 5.74) is 0. The molecule has 0 aromatic rings. The van der Waals surface area contributed by atoms with Crippen molar-refractivity contribution in [1.82, 2.24) is 0 Å². The van der Waals surface area contributed by atoms with Gasteiger partial charge in [0.1, 0.15) is 0 Å². The van der Waals surface area contributed by atoms with Crippen molar-refractivity contribution in [3.63, 3.8) is 0 Å². The lowest BCUT2D eigenvalue weighted by atomic mass is 10.4. The predicted molar refractivity (Wildman–Crippen MR) is 87.3 cm³/mol. The van der Waals surface area contributed by atoms with Crippen LogP contribution in [0.25, 0.3) is 0 Å². The van der Waals surface area contributed by atoms with Crippen LogP contribution in [0.4, 0.5) is 0 Å². The standard InChI is InChI=1S/C14H27O5PS/c1-5-8-10-18-20(16,19-11-9-6-2)21-13(4)12-14(15)17-7-3/h12H,5-11H2,1-4H3/b13-12-. The lowest BCUT2D eigenvalue weighted by molar-refractivity contribution is -0.137. The van der Waals surface area contributed by atoms with Crippen molar-refractivity contribution < 1.29 is 23.1 Å². The Bertz CT molecular complexity index is 356. The fraction of sp³-hybridized carbons (Fsp3) is 0.786. The molecule has 0 rings (SSSR count). The zero-order valence-corrected chi connectivity index (χ0v) is 15.1. The number of unbranched alkanes of at least 4 members (excludes halogenated alkanes) is 2. The molecule has 0 aliphatic rings. The third kappa shape index (κ3) is 11.0. The highest BCUT2D eigenvalue weighted by atomic mass is 32.7. The molecule has 5 nitrogen and oxygen atoms in total. The van der Waals surface area contributed by atoms with Crippen LogP contribution in [0, 0.1) is 0 Å². The molecule has 0 aliphatic carbocycles. The largest absolute Gasteiger partial charge is 0.463 e. The van der Waals surface area contributed by atoms with Crippen LogP contribution >= 0.6 is 18.2 Å².